The molecule has 3 N–H and O–H groups in total. The van der Waals surface area contributed by atoms with Crippen LogP contribution in [0.2, 0.25) is 0 Å². The summed E-state index contributed by atoms with van der Waals surface area (Å²) in [5.74, 6) is 0.740. The Kier molecular flexibility index (Phi) is 15.0. The molecule has 6 heteroatoms. The van der Waals surface area contributed by atoms with E-state index in [4.69, 9.17) is 5.14 Å². The normalized spacial score (nSPS) is 13.1. The van der Waals surface area contributed by atoms with E-state index in [-0.39, 0.29) is 0 Å². The number of hydrogen-bond acceptors (Lipinski definition) is 4. The van der Waals surface area contributed by atoms with Crippen LogP contribution in [0.3, 0.4) is 0 Å². The van der Waals surface area contributed by atoms with Gasteiger partial charge in [0.05, 0.1) is 10.5 Å². The predicted molar refractivity (Wildman–Crippen MR) is 174 cm³/mol. The van der Waals surface area contributed by atoms with Crippen molar-refractivity contribution >= 4 is 27.3 Å². The van der Waals surface area contributed by atoms with Crippen LogP contribution in [-0.2, 0) is 36.7 Å². The van der Waals surface area contributed by atoms with Crippen LogP contribution in [0, 0.1) is 24.2 Å². The first kappa shape index (κ1) is 33.5. The van der Waals surface area contributed by atoms with Gasteiger partial charge in [0.15, 0.2) is 0 Å². The van der Waals surface area contributed by atoms with Gasteiger partial charge in [-0.2, -0.15) is 5.26 Å². The number of thiophene rings is 1. The summed E-state index contributed by atoms with van der Waals surface area (Å²) in [6.07, 6.45) is 11.4. The monoisotopic (exact) mass is 577 g/mol. The zero-order chi connectivity index (χ0) is 29.5. The third kappa shape index (κ3) is 11.4. The van der Waals surface area contributed by atoms with Crippen LogP contribution < -0.4 is 10.5 Å². The highest BCUT2D eigenvalue weighted by atomic mass is 32.2. The highest BCUT2D eigenvalue weighted by Crippen LogP contribution is 2.34. The summed E-state index contributed by atoms with van der Waals surface area (Å²) >= 11 is 1.74. The smallest absolute Gasteiger partial charge is 0.122 e. The van der Waals surface area contributed by atoms with Crippen molar-refractivity contribution in [2.75, 3.05) is 12.4 Å². The lowest BCUT2D eigenvalue weighted by Gasteiger charge is -2.08. The largest absolute Gasteiger partial charge is 0.379 e. The number of nitriles is 1. The lowest BCUT2D eigenvalue weighted by atomic mass is 9.96. The Morgan fingerprint density at radius 1 is 1.10 bits per heavy atom. The maximum absolute atomic E-state index is 10.9. The molecule has 0 spiro atoms. The zero-order valence-electron chi connectivity index (χ0n) is 25.2. The van der Waals surface area contributed by atoms with Gasteiger partial charge in [0.1, 0.15) is 22.1 Å². The molecule has 0 radical (unpaired) electrons. The Bertz CT molecular complexity index is 1280. The lowest BCUT2D eigenvalue weighted by molar-refractivity contribution is 0.516. The van der Waals surface area contributed by atoms with Gasteiger partial charge in [-0.3, -0.25) is 0 Å². The minimum atomic E-state index is -1.35. The lowest BCUT2D eigenvalue weighted by Crippen LogP contribution is -2.02. The van der Waals surface area contributed by atoms with Crippen molar-refractivity contribution in [1.29, 1.82) is 5.26 Å². The standard InChI is InChI=1S/C14H22N2S.C11H13NOS.C9H12/c1-5-10(3)7-8-11-12(9-15)14(16-4)17-13(11)6-2;12-14(13)11-7-5-10(6-8-11)4-3-9-1-2-9;1-3-9-6-4-5-8(2)7-9/h10,16H,5-8H2,1-4H3;3,5-8H,1-2,4,12H2;4-7H,3H2,1-2H3. The van der Waals surface area contributed by atoms with E-state index >= 15 is 0 Å². The van der Waals surface area contributed by atoms with Gasteiger partial charge in [-0.25, -0.2) is 9.35 Å². The van der Waals surface area contributed by atoms with Crippen LogP contribution >= 0.6 is 11.3 Å². The van der Waals surface area contributed by atoms with Crippen LogP contribution in [0.4, 0.5) is 5.00 Å². The highest BCUT2D eigenvalue weighted by molar-refractivity contribution is 7.82. The summed E-state index contributed by atoms with van der Waals surface area (Å²) < 4.78 is 10.9. The third-order valence-corrected chi connectivity index (χ3v) is 9.28. The molecule has 0 saturated heterocycles. The minimum Gasteiger partial charge on any atom is -0.379 e. The predicted octanol–water partition coefficient (Wildman–Crippen LogP) is 8.69. The first-order valence-corrected chi connectivity index (χ1v) is 16.5. The van der Waals surface area contributed by atoms with Gasteiger partial charge in [0.2, 0.25) is 0 Å². The van der Waals surface area contributed by atoms with Crippen LogP contribution in [0.1, 0.15) is 86.1 Å². The second kappa shape index (κ2) is 17.9. The van der Waals surface area contributed by atoms with Gasteiger partial charge in [-0.1, -0.05) is 87.7 Å². The summed E-state index contributed by atoms with van der Waals surface area (Å²) in [5.41, 5.74) is 7.74. The molecule has 1 heterocycles. The van der Waals surface area contributed by atoms with Gasteiger partial charge in [-0.05, 0) is 86.6 Å². The summed E-state index contributed by atoms with van der Waals surface area (Å²) in [5, 5.41) is 18.7. The number of allylic oxidation sites excluding steroid dienone is 2. The van der Waals surface area contributed by atoms with Crippen LogP contribution in [0.5, 0.6) is 0 Å². The molecule has 0 aliphatic heterocycles. The molecule has 1 aliphatic carbocycles. The number of nitrogens with zero attached hydrogens (tertiary/aromatic N) is 1. The number of nitrogens with two attached hydrogens (primary N) is 1. The number of hydrogen-bond donors (Lipinski definition) is 2. The van der Waals surface area contributed by atoms with E-state index in [2.05, 4.69) is 76.3 Å². The molecule has 216 valence electrons. The van der Waals surface area contributed by atoms with Gasteiger partial charge < -0.3 is 5.32 Å². The molecule has 2 unspecified atom stereocenters. The number of anilines is 1. The van der Waals surface area contributed by atoms with Gasteiger partial charge in [0.25, 0.3) is 0 Å². The number of rotatable bonds is 10. The Labute approximate surface area is 249 Å². The van der Waals surface area contributed by atoms with Crippen molar-refractivity contribution in [3.05, 3.63) is 92.9 Å². The molecular formula is C34H47N3OS2. The van der Waals surface area contributed by atoms with Crippen LogP contribution in [-0.4, -0.2) is 11.3 Å². The molecule has 40 heavy (non-hydrogen) atoms. The molecule has 1 aromatic heterocycles. The van der Waals surface area contributed by atoms with Gasteiger partial charge in [0, 0.05) is 11.9 Å². The molecule has 4 rings (SSSR count). The molecule has 2 atom stereocenters. The van der Waals surface area contributed by atoms with Crippen molar-refractivity contribution in [2.24, 2.45) is 11.1 Å². The summed E-state index contributed by atoms with van der Waals surface area (Å²) in [6.45, 7) is 11.0. The second-order valence-corrected chi connectivity index (χ2v) is 12.5. The van der Waals surface area contributed by atoms with E-state index in [9.17, 15) is 9.47 Å². The average molecular weight is 578 g/mol. The molecule has 0 bridgehead atoms. The highest BCUT2D eigenvalue weighted by Gasteiger charge is 2.16. The van der Waals surface area contributed by atoms with Gasteiger partial charge >= 0.3 is 0 Å². The summed E-state index contributed by atoms with van der Waals surface area (Å²) in [7, 11) is 0.540. The van der Waals surface area contributed by atoms with Crippen molar-refractivity contribution in [3.63, 3.8) is 0 Å². The maximum atomic E-state index is 10.9. The Hall–Kier alpha value is -2.72. The van der Waals surface area contributed by atoms with E-state index in [0.29, 0.717) is 4.90 Å². The van der Waals surface area contributed by atoms with E-state index in [1.807, 2.05) is 31.3 Å². The van der Waals surface area contributed by atoms with Crippen molar-refractivity contribution in [1.82, 2.24) is 0 Å². The molecule has 1 fully saturated rings. The van der Waals surface area contributed by atoms with Crippen molar-refractivity contribution in [3.8, 4) is 6.07 Å². The summed E-state index contributed by atoms with van der Waals surface area (Å²) in [4.78, 5) is 2.06. The maximum Gasteiger partial charge on any atom is 0.122 e. The van der Waals surface area contributed by atoms with E-state index in [1.165, 1.54) is 52.8 Å². The van der Waals surface area contributed by atoms with Crippen LogP contribution in [0.15, 0.2) is 65.1 Å². The molecule has 3 aromatic rings. The van der Waals surface area contributed by atoms with Gasteiger partial charge in [-0.15, -0.1) is 11.3 Å². The molecule has 1 saturated carbocycles. The molecular weight excluding hydrogens is 531 g/mol. The van der Waals surface area contributed by atoms with E-state index in [0.717, 1.165) is 42.2 Å². The molecule has 0 amide bonds. The Morgan fingerprint density at radius 2 is 1.80 bits per heavy atom. The fraction of sp³-hybridized carbons (Fsp3) is 0.441. The van der Waals surface area contributed by atoms with Crippen LogP contribution in [0.25, 0.3) is 0 Å². The third-order valence-electron chi connectivity index (χ3n) is 7.15. The topological polar surface area (TPSA) is 78.9 Å². The first-order chi connectivity index (χ1) is 19.3. The first-order valence-electron chi connectivity index (χ1n) is 14.5. The molecule has 1 aliphatic rings. The quantitative estimate of drug-likeness (QED) is 0.237. The van der Waals surface area contributed by atoms with Crippen molar-refractivity contribution in [2.45, 2.75) is 90.9 Å². The number of benzene rings is 2. The fourth-order valence-electron chi connectivity index (χ4n) is 4.18. The molecule has 2 aromatic carbocycles. The van der Waals surface area contributed by atoms with Crippen molar-refractivity contribution < 1.29 is 4.21 Å². The van der Waals surface area contributed by atoms with E-state index < -0.39 is 11.0 Å². The Morgan fingerprint density at radius 3 is 2.27 bits per heavy atom. The number of aryl methyl sites for hydroxylation is 3. The molecule has 4 nitrogen and oxygen atoms in total. The average Bonchev–Trinajstić information content (AvgIpc) is 3.74. The summed E-state index contributed by atoms with van der Waals surface area (Å²) in [6, 6.07) is 18.6. The second-order valence-electron chi connectivity index (χ2n) is 10.3. The number of nitrogens with one attached hydrogen (secondary N) is 1. The minimum absolute atomic E-state index is 0.688. The zero-order valence-corrected chi connectivity index (χ0v) is 26.8. The van der Waals surface area contributed by atoms with E-state index in [1.54, 1.807) is 16.9 Å². The Balaban J connectivity index is 0.000000220. The fourth-order valence-corrected chi connectivity index (χ4v) is 5.68. The SMILES string of the molecule is CCc1cccc(C)c1.CCc1sc(NC)c(C#N)c1CCC(C)CC.NS(=O)c1ccc(CC=C2CC2)cc1.